The van der Waals surface area contributed by atoms with Gasteiger partial charge in [0.05, 0.1) is 12.5 Å². The van der Waals surface area contributed by atoms with Crippen LogP contribution in [0.4, 0.5) is 0 Å². The third-order valence-electron chi connectivity index (χ3n) is 4.69. The van der Waals surface area contributed by atoms with E-state index in [-0.39, 0.29) is 11.9 Å². The molecule has 0 bridgehead atoms. The van der Waals surface area contributed by atoms with E-state index in [4.69, 9.17) is 9.73 Å². The minimum absolute atomic E-state index is 0.0275. The first-order valence-corrected chi connectivity index (χ1v) is 9.35. The predicted octanol–water partition coefficient (Wildman–Crippen LogP) is 3.10. The van der Waals surface area contributed by atoms with Crippen LogP contribution in [0.15, 0.2) is 4.99 Å². The second kappa shape index (κ2) is 11.3. The van der Waals surface area contributed by atoms with Crippen LogP contribution in [0.3, 0.4) is 0 Å². The van der Waals surface area contributed by atoms with Gasteiger partial charge in [-0.05, 0) is 45.4 Å². The second-order valence-electron chi connectivity index (χ2n) is 6.35. The minimum atomic E-state index is -0.0275. The quantitative estimate of drug-likeness (QED) is 0.409. The molecule has 0 heterocycles. The highest BCUT2D eigenvalue weighted by atomic mass is 16.5. The standard InChI is InChI=1S/C18H35N3O2/c1-5-14(6-2)13-20-18(19-7-3)21-16-11-9-15(10-12-16)17(22)23-8-4/h14-16H,5-13H2,1-4H3,(H2,19,20,21). The normalized spacial score (nSPS) is 22.0. The Hall–Kier alpha value is -1.26. The Kier molecular flexibility index (Phi) is 9.72. The van der Waals surface area contributed by atoms with Gasteiger partial charge in [-0.1, -0.05) is 26.7 Å². The van der Waals surface area contributed by atoms with Crippen molar-refractivity contribution in [2.75, 3.05) is 19.7 Å². The molecule has 0 aliphatic heterocycles. The van der Waals surface area contributed by atoms with Crippen molar-refractivity contribution in [1.29, 1.82) is 0 Å². The molecule has 5 heteroatoms. The first-order chi connectivity index (χ1) is 11.1. The van der Waals surface area contributed by atoms with E-state index in [0.717, 1.165) is 44.7 Å². The van der Waals surface area contributed by atoms with Crippen molar-refractivity contribution in [3.05, 3.63) is 0 Å². The molecule has 5 nitrogen and oxygen atoms in total. The van der Waals surface area contributed by atoms with Crippen LogP contribution in [-0.4, -0.2) is 37.7 Å². The van der Waals surface area contributed by atoms with Crippen LogP contribution in [0, 0.1) is 11.8 Å². The summed E-state index contributed by atoms with van der Waals surface area (Å²) in [6.45, 7) is 10.6. The summed E-state index contributed by atoms with van der Waals surface area (Å²) >= 11 is 0. The molecule has 2 N–H and O–H groups in total. The number of nitrogens with zero attached hydrogens (tertiary/aromatic N) is 1. The number of aliphatic imine (C=N–C) groups is 1. The monoisotopic (exact) mass is 325 g/mol. The maximum Gasteiger partial charge on any atom is 0.308 e. The number of carbonyl (C=O) groups excluding carboxylic acids is 1. The molecular weight excluding hydrogens is 290 g/mol. The average molecular weight is 325 g/mol. The maximum atomic E-state index is 11.8. The Morgan fingerprint density at radius 3 is 2.30 bits per heavy atom. The van der Waals surface area contributed by atoms with Gasteiger partial charge in [-0.2, -0.15) is 0 Å². The van der Waals surface area contributed by atoms with Crippen molar-refractivity contribution in [1.82, 2.24) is 10.6 Å². The van der Waals surface area contributed by atoms with Crippen LogP contribution < -0.4 is 10.6 Å². The van der Waals surface area contributed by atoms with E-state index in [1.54, 1.807) is 0 Å². The van der Waals surface area contributed by atoms with Crippen molar-refractivity contribution < 1.29 is 9.53 Å². The van der Waals surface area contributed by atoms with Gasteiger partial charge in [0.25, 0.3) is 0 Å². The van der Waals surface area contributed by atoms with E-state index in [9.17, 15) is 4.79 Å². The van der Waals surface area contributed by atoms with Gasteiger partial charge in [-0.25, -0.2) is 0 Å². The molecule has 134 valence electrons. The van der Waals surface area contributed by atoms with Crippen LogP contribution in [0.2, 0.25) is 0 Å². The van der Waals surface area contributed by atoms with Crippen LogP contribution in [0.1, 0.15) is 66.2 Å². The summed E-state index contributed by atoms with van der Waals surface area (Å²) in [6.07, 6.45) is 6.15. The molecule has 23 heavy (non-hydrogen) atoms. The average Bonchev–Trinajstić information content (AvgIpc) is 2.56. The summed E-state index contributed by atoms with van der Waals surface area (Å²) in [5, 5.41) is 6.87. The summed E-state index contributed by atoms with van der Waals surface area (Å²) in [5.74, 6) is 1.63. The largest absolute Gasteiger partial charge is 0.466 e. The van der Waals surface area contributed by atoms with Crippen molar-refractivity contribution in [3.63, 3.8) is 0 Å². The lowest BCUT2D eigenvalue weighted by molar-refractivity contribution is -0.149. The van der Waals surface area contributed by atoms with E-state index in [1.807, 2.05) is 6.92 Å². The molecule has 0 aromatic heterocycles. The molecule has 0 spiro atoms. The molecule has 1 fully saturated rings. The summed E-state index contributed by atoms with van der Waals surface area (Å²) in [5.41, 5.74) is 0. The highest BCUT2D eigenvalue weighted by Crippen LogP contribution is 2.25. The summed E-state index contributed by atoms with van der Waals surface area (Å²) in [7, 11) is 0. The number of hydrogen-bond donors (Lipinski definition) is 2. The van der Waals surface area contributed by atoms with Crippen LogP contribution in [0.25, 0.3) is 0 Å². The van der Waals surface area contributed by atoms with Gasteiger partial charge in [-0.15, -0.1) is 0 Å². The number of nitrogens with one attached hydrogen (secondary N) is 2. The fraction of sp³-hybridized carbons (Fsp3) is 0.889. The smallest absolute Gasteiger partial charge is 0.308 e. The lowest BCUT2D eigenvalue weighted by Crippen LogP contribution is -2.45. The fourth-order valence-electron chi connectivity index (χ4n) is 3.01. The zero-order valence-electron chi connectivity index (χ0n) is 15.4. The topological polar surface area (TPSA) is 62.7 Å². The number of ether oxygens (including phenoxy) is 1. The molecule has 0 radical (unpaired) electrons. The SMILES string of the molecule is CCNC(=NCC(CC)CC)NC1CCC(C(=O)OCC)CC1. The Morgan fingerprint density at radius 1 is 1.13 bits per heavy atom. The molecular formula is C18H35N3O2. The van der Waals surface area contributed by atoms with Gasteiger partial charge < -0.3 is 15.4 Å². The zero-order chi connectivity index (χ0) is 17.1. The summed E-state index contributed by atoms with van der Waals surface area (Å²) < 4.78 is 5.13. The van der Waals surface area contributed by atoms with Gasteiger partial charge in [0.15, 0.2) is 5.96 Å². The highest BCUT2D eigenvalue weighted by Gasteiger charge is 2.27. The minimum Gasteiger partial charge on any atom is -0.466 e. The van der Waals surface area contributed by atoms with E-state index in [1.165, 1.54) is 12.8 Å². The summed E-state index contributed by atoms with van der Waals surface area (Å²) in [6, 6.07) is 0.403. The molecule has 0 amide bonds. The molecule has 1 saturated carbocycles. The second-order valence-corrected chi connectivity index (χ2v) is 6.35. The first kappa shape index (κ1) is 19.8. The third kappa shape index (κ3) is 7.23. The predicted molar refractivity (Wildman–Crippen MR) is 95.6 cm³/mol. The fourth-order valence-corrected chi connectivity index (χ4v) is 3.01. The summed E-state index contributed by atoms with van der Waals surface area (Å²) in [4.78, 5) is 16.5. The number of guanidine groups is 1. The van der Waals surface area contributed by atoms with Gasteiger partial charge in [0.1, 0.15) is 0 Å². The molecule has 0 atom stereocenters. The van der Waals surface area contributed by atoms with Gasteiger partial charge >= 0.3 is 5.97 Å². The van der Waals surface area contributed by atoms with Gasteiger partial charge in [0, 0.05) is 19.1 Å². The van der Waals surface area contributed by atoms with E-state index >= 15 is 0 Å². The van der Waals surface area contributed by atoms with Crippen molar-refractivity contribution in [2.24, 2.45) is 16.8 Å². The Bertz CT molecular complexity index is 359. The molecule has 1 rings (SSSR count). The number of hydrogen-bond acceptors (Lipinski definition) is 3. The van der Waals surface area contributed by atoms with Gasteiger partial charge in [0.2, 0.25) is 0 Å². The Balaban J connectivity index is 2.46. The maximum absolute atomic E-state index is 11.8. The van der Waals surface area contributed by atoms with Crippen molar-refractivity contribution >= 4 is 11.9 Å². The highest BCUT2D eigenvalue weighted by molar-refractivity contribution is 5.80. The van der Waals surface area contributed by atoms with E-state index in [0.29, 0.717) is 18.6 Å². The molecule has 0 aromatic carbocycles. The van der Waals surface area contributed by atoms with Crippen LogP contribution in [0.5, 0.6) is 0 Å². The van der Waals surface area contributed by atoms with Crippen molar-refractivity contribution in [3.8, 4) is 0 Å². The Labute approximate surface area is 141 Å². The van der Waals surface area contributed by atoms with Gasteiger partial charge in [-0.3, -0.25) is 9.79 Å². The molecule has 1 aliphatic rings. The van der Waals surface area contributed by atoms with Crippen LogP contribution >= 0.6 is 0 Å². The zero-order valence-corrected chi connectivity index (χ0v) is 15.4. The number of carbonyl (C=O) groups is 1. The van der Waals surface area contributed by atoms with Crippen molar-refractivity contribution in [2.45, 2.75) is 72.3 Å². The molecule has 0 unspecified atom stereocenters. The lowest BCUT2D eigenvalue weighted by Gasteiger charge is -2.29. The van der Waals surface area contributed by atoms with Crippen LogP contribution in [-0.2, 0) is 9.53 Å². The molecule has 0 saturated heterocycles. The number of rotatable bonds is 8. The third-order valence-corrected chi connectivity index (χ3v) is 4.69. The lowest BCUT2D eigenvalue weighted by atomic mass is 9.86. The van der Waals surface area contributed by atoms with E-state index in [2.05, 4.69) is 31.4 Å². The van der Waals surface area contributed by atoms with E-state index < -0.39 is 0 Å². The molecule has 1 aliphatic carbocycles. The number of esters is 1. The molecule has 0 aromatic rings. The Morgan fingerprint density at radius 2 is 1.78 bits per heavy atom. The first-order valence-electron chi connectivity index (χ1n) is 9.35.